The van der Waals surface area contributed by atoms with Crippen LogP contribution in [0.2, 0.25) is 5.02 Å². The van der Waals surface area contributed by atoms with Gasteiger partial charge >= 0.3 is 0 Å². The van der Waals surface area contributed by atoms with Gasteiger partial charge in [-0.05, 0) is 43.6 Å². The number of halogens is 1. The van der Waals surface area contributed by atoms with Crippen molar-refractivity contribution in [1.29, 1.82) is 0 Å². The van der Waals surface area contributed by atoms with Gasteiger partial charge in [-0.2, -0.15) is 11.8 Å². The highest BCUT2D eigenvalue weighted by atomic mass is 35.5. The molecule has 0 fully saturated rings. The fraction of sp³-hybridized carbons (Fsp3) is 0.462. The summed E-state index contributed by atoms with van der Waals surface area (Å²) >= 11 is 7.66. The number of rotatable bonds is 7. The van der Waals surface area contributed by atoms with E-state index in [0.717, 1.165) is 17.9 Å². The molecule has 100 valence electrons. The molecular formula is C13H19ClN2OS. The van der Waals surface area contributed by atoms with E-state index in [0.29, 0.717) is 17.6 Å². The predicted molar refractivity (Wildman–Crippen MR) is 80.5 cm³/mol. The van der Waals surface area contributed by atoms with E-state index >= 15 is 0 Å². The Bertz CT molecular complexity index is 387. The van der Waals surface area contributed by atoms with E-state index in [2.05, 4.69) is 23.8 Å². The topological polar surface area (TPSA) is 41.1 Å². The first kappa shape index (κ1) is 15.3. The minimum atomic E-state index is -0.0479. The molecule has 18 heavy (non-hydrogen) atoms. The molecule has 0 saturated heterocycles. The Morgan fingerprint density at radius 1 is 1.50 bits per heavy atom. The predicted octanol–water partition coefficient (Wildman–Crippen LogP) is 3.01. The first-order chi connectivity index (χ1) is 8.61. The molecule has 0 aromatic heterocycles. The average Bonchev–Trinajstić information content (AvgIpc) is 2.34. The van der Waals surface area contributed by atoms with Crippen LogP contribution >= 0.6 is 23.4 Å². The Morgan fingerprint density at radius 2 is 2.28 bits per heavy atom. The highest BCUT2D eigenvalue weighted by Gasteiger charge is 2.05. The van der Waals surface area contributed by atoms with Crippen molar-refractivity contribution in [3.63, 3.8) is 0 Å². The molecule has 1 aromatic carbocycles. The zero-order chi connectivity index (χ0) is 13.4. The molecule has 3 nitrogen and oxygen atoms in total. The van der Waals surface area contributed by atoms with Crippen LogP contribution in [-0.2, 0) is 4.79 Å². The molecule has 1 aromatic rings. The zero-order valence-corrected chi connectivity index (χ0v) is 12.3. The normalized spacial score (nSPS) is 12.2. The van der Waals surface area contributed by atoms with Gasteiger partial charge in [-0.15, -0.1) is 0 Å². The number of hydrogen-bond acceptors (Lipinski definition) is 3. The summed E-state index contributed by atoms with van der Waals surface area (Å²) in [5.41, 5.74) is 0.728. The van der Waals surface area contributed by atoms with Crippen molar-refractivity contribution >= 4 is 35.0 Å². The number of thioether (sulfide) groups is 1. The van der Waals surface area contributed by atoms with Crippen LogP contribution in [0.4, 0.5) is 5.69 Å². The highest BCUT2D eigenvalue weighted by molar-refractivity contribution is 7.98. The van der Waals surface area contributed by atoms with Gasteiger partial charge in [0.2, 0.25) is 5.91 Å². The standard InChI is InChI=1S/C13H19ClN2OS/c1-10(6-7-18-2)15-9-13(17)16-12-5-3-4-11(14)8-12/h3-5,8,10,15H,6-7,9H2,1-2H3,(H,16,17). The van der Waals surface area contributed by atoms with Gasteiger partial charge in [0.15, 0.2) is 0 Å². The largest absolute Gasteiger partial charge is 0.325 e. The van der Waals surface area contributed by atoms with Crippen molar-refractivity contribution in [1.82, 2.24) is 5.32 Å². The number of benzene rings is 1. The van der Waals surface area contributed by atoms with Gasteiger partial charge < -0.3 is 10.6 Å². The highest BCUT2D eigenvalue weighted by Crippen LogP contribution is 2.14. The first-order valence-electron chi connectivity index (χ1n) is 5.89. The van der Waals surface area contributed by atoms with Crippen LogP contribution in [0.25, 0.3) is 0 Å². The van der Waals surface area contributed by atoms with E-state index in [1.54, 1.807) is 12.1 Å². The lowest BCUT2D eigenvalue weighted by atomic mass is 10.2. The van der Waals surface area contributed by atoms with E-state index in [9.17, 15) is 4.79 Å². The zero-order valence-electron chi connectivity index (χ0n) is 10.7. The van der Waals surface area contributed by atoms with Crippen LogP contribution in [0.1, 0.15) is 13.3 Å². The van der Waals surface area contributed by atoms with Gasteiger partial charge in [0, 0.05) is 16.8 Å². The van der Waals surface area contributed by atoms with Crippen molar-refractivity contribution in [2.75, 3.05) is 23.9 Å². The van der Waals surface area contributed by atoms with Gasteiger partial charge in [-0.3, -0.25) is 4.79 Å². The molecule has 0 saturated carbocycles. The van der Waals surface area contributed by atoms with Crippen LogP contribution in [0.5, 0.6) is 0 Å². The Labute approximate surface area is 118 Å². The lowest BCUT2D eigenvalue weighted by Gasteiger charge is -2.13. The Kier molecular flexibility index (Phi) is 7.16. The number of hydrogen-bond donors (Lipinski definition) is 2. The Morgan fingerprint density at radius 3 is 2.94 bits per heavy atom. The van der Waals surface area contributed by atoms with Crippen molar-refractivity contribution in [2.45, 2.75) is 19.4 Å². The molecule has 1 rings (SSSR count). The number of amides is 1. The van der Waals surface area contributed by atoms with E-state index in [4.69, 9.17) is 11.6 Å². The lowest BCUT2D eigenvalue weighted by Crippen LogP contribution is -2.34. The van der Waals surface area contributed by atoms with Gasteiger partial charge in [0.25, 0.3) is 0 Å². The Balaban J connectivity index is 2.29. The molecule has 0 spiro atoms. The SMILES string of the molecule is CSCCC(C)NCC(=O)Nc1cccc(Cl)c1. The summed E-state index contributed by atoms with van der Waals surface area (Å²) in [6.07, 6.45) is 3.14. The van der Waals surface area contributed by atoms with Gasteiger partial charge in [-0.1, -0.05) is 17.7 Å². The Hall–Kier alpha value is -0.710. The van der Waals surface area contributed by atoms with Crippen LogP contribution in [0.3, 0.4) is 0 Å². The van der Waals surface area contributed by atoms with E-state index in [-0.39, 0.29) is 5.91 Å². The summed E-state index contributed by atoms with van der Waals surface area (Å²) in [6.45, 7) is 2.41. The number of nitrogens with one attached hydrogen (secondary N) is 2. The molecule has 0 heterocycles. The lowest BCUT2D eigenvalue weighted by molar-refractivity contribution is -0.115. The van der Waals surface area contributed by atoms with Crippen LogP contribution in [0.15, 0.2) is 24.3 Å². The number of anilines is 1. The molecule has 0 radical (unpaired) electrons. The maximum atomic E-state index is 11.7. The van der Waals surface area contributed by atoms with Crippen molar-refractivity contribution in [2.24, 2.45) is 0 Å². The monoisotopic (exact) mass is 286 g/mol. The third-order valence-electron chi connectivity index (χ3n) is 2.47. The molecule has 0 aliphatic carbocycles. The fourth-order valence-electron chi connectivity index (χ4n) is 1.44. The van der Waals surface area contributed by atoms with Crippen LogP contribution < -0.4 is 10.6 Å². The van der Waals surface area contributed by atoms with Gasteiger partial charge in [-0.25, -0.2) is 0 Å². The smallest absolute Gasteiger partial charge is 0.238 e. The van der Waals surface area contributed by atoms with Gasteiger partial charge in [0.05, 0.1) is 6.54 Å². The quantitative estimate of drug-likeness (QED) is 0.810. The summed E-state index contributed by atoms with van der Waals surface area (Å²) < 4.78 is 0. The molecule has 0 aliphatic heterocycles. The van der Waals surface area contributed by atoms with E-state index < -0.39 is 0 Å². The minimum absolute atomic E-state index is 0.0479. The third-order valence-corrected chi connectivity index (χ3v) is 3.35. The summed E-state index contributed by atoms with van der Waals surface area (Å²) in [5.74, 6) is 1.05. The fourth-order valence-corrected chi connectivity index (χ4v) is 2.21. The molecule has 1 atom stereocenters. The van der Waals surface area contributed by atoms with Crippen molar-refractivity contribution < 1.29 is 4.79 Å². The van der Waals surface area contributed by atoms with Crippen LogP contribution in [0, 0.1) is 0 Å². The molecule has 1 unspecified atom stereocenters. The molecule has 0 aliphatic rings. The first-order valence-corrected chi connectivity index (χ1v) is 7.66. The second-order valence-electron chi connectivity index (χ2n) is 4.12. The second kappa shape index (κ2) is 8.40. The molecule has 2 N–H and O–H groups in total. The summed E-state index contributed by atoms with van der Waals surface area (Å²) in [6, 6.07) is 7.49. The minimum Gasteiger partial charge on any atom is -0.325 e. The number of carbonyl (C=O) groups excluding carboxylic acids is 1. The maximum absolute atomic E-state index is 11.7. The second-order valence-corrected chi connectivity index (χ2v) is 5.54. The summed E-state index contributed by atoms with van der Waals surface area (Å²) in [7, 11) is 0. The molecular weight excluding hydrogens is 268 g/mol. The van der Waals surface area contributed by atoms with Crippen molar-refractivity contribution in [3.05, 3.63) is 29.3 Å². The summed E-state index contributed by atoms with van der Waals surface area (Å²) in [5, 5.41) is 6.62. The third kappa shape index (κ3) is 6.28. The number of carbonyl (C=O) groups is 1. The average molecular weight is 287 g/mol. The van der Waals surface area contributed by atoms with Gasteiger partial charge in [0.1, 0.15) is 0 Å². The van der Waals surface area contributed by atoms with E-state index in [1.807, 2.05) is 23.9 Å². The van der Waals surface area contributed by atoms with E-state index in [1.165, 1.54) is 0 Å². The molecule has 5 heteroatoms. The van der Waals surface area contributed by atoms with Crippen molar-refractivity contribution in [3.8, 4) is 0 Å². The van der Waals surface area contributed by atoms with Crippen LogP contribution in [-0.4, -0.2) is 30.5 Å². The summed E-state index contributed by atoms with van der Waals surface area (Å²) in [4.78, 5) is 11.7. The maximum Gasteiger partial charge on any atom is 0.238 e. The molecule has 0 bridgehead atoms. The molecule has 1 amide bonds.